The molecule has 0 saturated carbocycles. The molecule has 12 heavy (non-hydrogen) atoms. The molecule has 0 aliphatic carbocycles. The molecule has 4 heteroatoms. The van der Waals surface area contributed by atoms with Gasteiger partial charge in [-0.05, 0) is 6.42 Å². The van der Waals surface area contributed by atoms with Crippen molar-refractivity contribution >= 4 is 7.60 Å². The van der Waals surface area contributed by atoms with E-state index in [4.69, 9.17) is 9.05 Å². The fourth-order valence-corrected chi connectivity index (χ4v) is 2.35. The highest BCUT2D eigenvalue weighted by atomic mass is 31.2. The lowest BCUT2D eigenvalue weighted by atomic mass is 10.4. The molecule has 0 amide bonds. The van der Waals surface area contributed by atoms with Crippen LogP contribution in [-0.2, 0) is 13.6 Å². The van der Waals surface area contributed by atoms with Crippen LogP contribution in [-0.4, -0.2) is 19.4 Å². The van der Waals surface area contributed by atoms with Gasteiger partial charge in [-0.2, -0.15) is 0 Å². The minimum atomic E-state index is -2.81. The van der Waals surface area contributed by atoms with Crippen LogP contribution < -0.4 is 0 Å². The topological polar surface area (TPSA) is 35.5 Å². The number of allylic oxidation sites excluding steroid dienone is 1. The minimum Gasteiger partial charge on any atom is -0.304 e. The zero-order valence-corrected chi connectivity index (χ0v) is 7.83. The maximum Gasteiger partial charge on any atom is 0.331 e. The van der Waals surface area contributed by atoms with Crippen molar-refractivity contribution in [2.45, 2.75) is 6.42 Å². The second-order valence-corrected chi connectivity index (χ2v) is 4.66. The van der Waals surface area contributed by atoms with Gasteiger partial charge in [0.05, 0.1) is 19.4 Å². The molecule has 1 rings (SSSR count). The van der Waals surface area contributed by atoms with Crippen LogP contribution in [0.2, 0.25) is 0 Å². The van der Waals surface area contributed by atoms with Gasteiger partial charge in [0.25, 0.3) is 0 Å². The molecule has 1 atom stereocenters. The van der Waals surface area contributed by atoms with Gasteiger partial charge < -0.3 is 9.05 Å². The molecule has 0 spiro atoms. The highest BCUT2D eigenvalue weighted by molar-refractivity contribution is 7.53. The van der Waals surface area contributed by atoms with Crippen molar-refractivity contribution in [1.29, 1.82) is 0 Å². The molecule has 0 bridgehead atoms. The third kappa shape index (κ3) is 2.94. The largest absolute Gasteiger partial charge is 0.331 e. The van der Waals surface area contributed by atoms with Crippen LogP contribution in [0.5, 0.6) is 0 Å². The van der Waals surface area contributed by atoms with E-state index < -0.39 is 7.60 Å². The van der Waals surface area contributed by atoms with Crippen LogP contribution >= 0.6 is 7.60 Å². The standard InChI is InChI=1S/C8H13O3P/c1-2-6-10-12(9)8-5-3-4-7-11-12/h2-4H,1,5-8H2. The lowest BCUT2D eigenvalue weighted by Crippen LogP contribution is -1.97. The van der Waals surface area contributed by atoms with E-state index in [1.165, 1.54) is 0 Å². The lowest BCUT2D eigenvalue weighted by molar-refractivity contribution is 0.239. The van der Waals surface area contributed by atoms with E-state index in [0.717, 1.165) is 6.42 Å². The normalized spacial score (nSPS) is 29.7. The Hall–Kier alpha value is -0.370. The molecule has 0 aromatic carbocycles. The predicted molar refractivity (Wildman–Crippen MR) is 48.3 cm³/mol. The van der Waals surface area contributed by atoms with Crippen molar-refractivity contribution in [2.24, 2.45) is 0 Å². The van der Waals surface area contributed by atoms with Crippen LogP contribution in [0.25, 0.3) is 0 Å². The average molecular weight is 188 g/mol. The van der Waals surface area contributed by atoms with E-state index in [-0.39, 0.29) is 6.61 Å². The molecule has 68 valence electrons. The molecule has 0 radical (unpaired) electrons. The Morgan fingerprint density at radius 3 is 3.25 bits per heavy atom. The van der Waals surface area contributed by atoms with E-state index in [1.807, 2.05) is 12.2 Å². The van der Waals surface area contributed by atoms with Crippen molar-refractivity contribution in [3.63, 3.8) is 0 Å². The summed E-state index contributed by atoms with van der Waals surface area (Å²) in [6.45, 7) is 4.15. The number of rotatable bonds is 3. The van der Waals surface area contributed by atoms with Crippen molar-refractivity contribution in [1.82, 2.24) is 0 Å². The van der Waals surface area contributed by atoms with Crippen LogP contribution in [0, 0.1) is 0 Å². The molecule has 0 aromatic rings. The molecule has 0 aromatic heterocycles. The molecule has 0 saturated heterocycles. The van der Waals surface area contributed by atoms with E-state index in [1.54, 1.807) is 6.08 Å². The van der Waals surface area contributed by atoms with Crippen LogP contribution in [0.1, 0.15) is 6.42 Å². The van der Waals surface area contributed by atoms with E-state index in [2.05, 4.69) is 6.58 Å². The highest BCUT2D eigenvalue weighted by Crippen LogP contribution is 2.49. The molecule has 1 heterocycles. The monoisotopic (exact) mass is 188 g/mol. The third-order valence-electron chi connectivity index (χ3n) is 1.49. The SMILES string of the molecule is C=CCOP1(=O)CCC=CCO1. The highest BCUT2D eigenvalue weighted by Gasteiger charge is 2.23. The molecular weight excluding hydrogens is 175 g/mol. The smallest absolute Gasteiger partial charge is 0.304 e. The van der Waals surface area contributed by atoms with E-state index >= 15 is 0 Å². The zero-order valence-electron chi connectivity index (χ0n) is 6.94. The van der Waals surface area contributed by atoms with Gasteiger partial charge in [0.15, 0.2) is 0 Å². The summed E-state index contributed by atoms with van der Waals surface area (Å²) in [6.07, 6.45) is 6.61. The second-order valence-electron chi connectivity index (χ2n) is 2.47. The summed E-state index contributed by atoms with van der Waals surface area (Å²) in [7, 11) is -2.81. The van der Waals surface area contributed by atoms with Gasteiger partial charge in [-0.3, -0.25) is 4.57 Å². The first-order valence-corrected chi connectivity index (χ1v) is 5.64. The first kappa shape index (κ1) is 9.72. The Bertz CT molecular complexity index is 208. The number of hydrogen-bond acceptors (Lipinski definition) is 3. The summed E-state index contributed by atoms with van der Waals surface area (Å²) >= 11 is 0. The summed E-state index contributed by atoms with van der Waals surface area (Å²) in [5.74, 6) is 0. The lowest BCUT2D eigenvalue weighted by Gasteiger charge is -2.14. The summed E-state index contributed by atoms with van der Waals surface area (Å²) in [5.41, 5.74) is 0. The van der Waals surface area contributed by atoms with Crippen LogP contribution in [0.4, 0.5) is 0 Å². The maximum absolute atomic E-state index is 11.7. The Morgan fingerprint density at radius 2 is 2.50 bits per heavy atom. The quantitative estimate of drug-likeness (QED) is 0.503. The van der Waals surface area contributed by atoms with Crippen molar-refractivity contribution in [3.8, 4) is 0 Å². The van der Waals surface area contributed by atoms with Gasteiger partial charge in [-0.25, -0.2) is 0 Å². The van der Waals surface area contributed by atoms with E-state index in [0.29, 0.717) is 12.8 Å². The molecule has 0 fully saturated rings. The van der Waals surface area contributed by atoms with Crippen LogP contribution in [0.3, 0.4) is 0 Å². The molecular formula is C8H13O3P. The molecule has 1 aliphatic rings. The third-order valence-corrected chi connectivity index (χ3v) is 3.38. The summed E-state index contributed by atoms with van der Waals surface area (Å²) < 4.78 is 21.8. The van der Waals surface area contributed by atoms with Crippen molar-refractivity contribution in [3.05, 3.63) is 24.8 Å². The summed E-state index contributed by atoms with van der Waals surface area (Å²) in [5, 5.41) is 0. The molecule has 1 aliphatic heterocycles. The van der Waals surface area contributed by atoms with E-state index in [9.17, 15) is 4.57 Å². The number of hydrogen-bond donors (Lipinski definition) is 0. The molecule has 1 unspecified atom stereocenters. The second kappa shape index (κ2) is 4.61. The van der Waals surface area contributed by atoms with Crippen molar-refractivity contribution < 1.29 is 13.6 Å². The van der Waals surface area contributed by atoms with Gasteiger partial charge in [0.1, 0.15) is 0 Å². The van der Waals surface area contributed by atoms with Gasteiger partial charge in [0, 0.05) is 0 Å². The van der Waals surface area contributed by atoms with Gasteiger partial charge in [0.2, 0.25) is 0 Å². The first-order valence-electron chi connectivity index (χ1n) is 3.91. The predicted octanol–water partition coefficient (Wildman–Crippen LogP) is 2.36. The zero-order chi connectivity index (χ0) is 8.86. The summed E-state index contributed by atoms with van der Waals surface area (Å²) in [4.78, 5) is 0. The molecule has 0 N–H and O–H groups in total. The van der Waals surface area contributed by atoms with Gasteiger partial charge >= 0.3 is 7.60 Å². The minimum absolute atomic E-state index is 0.289. The Balaban J connectivity index is 2.46. The maximum atomic E-state index is 11.7. The Labute approximate surface area is 72.6 Å². The van der Waals surface area contributed by atoms with Crippen molar-refractivity contribution in [2.75, 3.05) is 19.4 Å². The van der Waals surface area contributed by atoms with Gasteiger partial charge in [-0.1, -0.05) is 18.2 Å². The molecule has 3 nitrogen and oxygen atoms in total. The first-order chi connectivity index (χ1) is 5.77. The fraction of sp³-hybridized carbons (Fsp3) is 0.500. The van der Waals surface area contributed by atoms with Crippen LogP contribution in [0.15, 0.2) is 24.8 Å². The Kier molecular flexibility index (Phi) is 3.73. The summed E-state index contributed by atoms with van der Waals surface area (Å²) in [6, 6.07) is 0. The Morgan fingerprint density at radius 1 is 1.67 bits per heavy atom. The average Bonchev–Trinajstić information content (AvgIpc) is 2.27. The van der Waals surface area contributed by atoms with Gasteiger partial charge in [-0.15, -0.1) is 6.58 Å². The fourth-order valence-electron chi connectivity index (χ4n) is 0.908.